The zero-order valence-electron chi connectivity index (χ0n) is 14.6. The minimum atomic E-state index is -0.158. The number of benzene rings is 1. The maximum atomic E-state index is 12.3. The molecule has 0 unspecified atom stereocenters. The van der Waals surface area contributed by atoms with Crippen molar-refractivity contribution in [3.8, 4) is 5.75 Å². The molecule has 0 aliphatic rings. The second kappa shape index (κ2) is 8.71. The molecule has 3 rings (SSSR count). The van der Waals surface area contributed by atoms with Crippen LogP contribution in [-0.4, -0.2) is 24.5 Å². The van der Waals surface area contributed by atoms with Gasteiger partial charge in [0.2, 0.25) is 0 Å². The van der Waals surface area contributed by atoms with Gasteiger partial charge in [-0.2, -0.15) is 0 Å². The monoisotopic (exact) mass is 351 g/mol. The lowest BCUT2D eigenvalue weighted by molar-refractivity contribution is 0.0953. The molecule has 0 aliphatic carbocycles. The van der Waals surface area contributed by atoms with Gasteiger partial charge in [0.1, 0.15) is 11.5 Å². The number of hydrogen-bond donors (Lipinski definition) is 2. The molecule has 0 atom stereocenters. The van der Waals surface area contributed by atoms with E-state index in [-0.39, 0.29) is 5.91 Å². The summed E-state index contributed by atoms with van der Waals surface area (Å²) in [6, 6.07) is 13.3. The van der Waals surface area contributed by atoms with Crippen molar-refractivity contribution in [2.75, 3.05) is 19.0 Å². The highest BCUT2D eigenvalue weighted by Crippen LogP contribution is 2.17. The largest absolute Gasteiger partial charge is 0.496 e. The number of anilines is 1. The van der Waals surface area contributed by atoms with E-state index in [0.717, 1.165) is 22.8 Å². The average molecular weight is 351 g/mol. The number of hydrogen-bond acceptors (Lipinski definition) is 5. The second-order valence-corrected chi connectivity index (χ2v) is 5.71. The van der Waals surface area contributed by atoms with Crippen LogP contribution in [0, 0.1) is 0 Å². The summed E-state index contributed by atoms with van der Waals surface area (Å²) in [5.74, 6) is 1.48. The van der Waals surface area contributed by atoms with Crippen LogP contribution in [0.5, 0.6) is 5.75 Å². The number of pyridine rings is 1. The summed E-state index contributed by atoms with van der Waals surface area (Å²) in [6.45, 7) is 1.05. The van der Waals surface area contributed by atoms with Crippen LogP contribution >= 0.6 is 0 Å². The fourth-order valence-corrected chi connectivity index (χ4v) is 2.59. The third kappa shape index (κ3) is 4.63. The van der Waals surface area contributed by atoms with Gasteiger partial charge in [0.25, 0.3) is 5.91 Å². The molecule has 0 radical (unpaired) electrons. The molecular weight excluding hydrogens is 330 g/mol. The molecule has 0 spiro atoms. The lowest BCUT2D eigenvalue weighted by atomic mass is 10.1. The van der Waals surface area contributed by atoms with Crippen molar-refractivity contribution in [3.05, 3.63) is 78.0 Å². The molecule has 6 nitrogen and oxygen atoms in total. The van der Waals surface area contributed by atoms with Crippen molar-refractivity contribution >= 4 is 11.6 Å². The maximum absolute atomic E-state index is 12.3. The highest BCUT2D eigenvalue weighted by atomic mass is 16.5. The number of carbonyl (C=O) groups is 1. The lowest BCUT2D eigenvalue weighted by Crippen LogP contribution is -2.26. The first-order chi connectivity index (χ1) is 12.8. The smallest absolute Gasteiger partial charge is 0.252 e. The van der Waals surface area contributed by atoms with Crippen molar-refractivity contribution in [3.63, 3.8) is 0 Å². The topological polar surface area (TPSA) is 76.4 Å². The first kappa shape index (κ1) is 17.5. The molecule has 134 valence electrons. The first-order valence-corrected chi connectivity index (χ1v) is 8.37. The third-order valence-electron chi connectivity index (χ3n) is 3.92. The normalized spacial score (nSPS) is 10.3. The molecule has 6 heteroatoms. The SMILES string of the molecule is COc1ccccc1CCNC(=O)c1cncc(NCc2ccco2)c1. The van der Waals surface area contributed by atoms with Crippen LogP contribution in [0.25, 0.3) is 0 Å². The molecule has 26 heavy (non-hydrogen) atoms. The number of methoxy groups -OCH3 is 1. The summed E-state index contributed by atoms with van der Waals surface area (Å²) >= 11 is 0. The highest BCUT2D eigenvalue weighted by molar-refractivity contribution is 5.94. The number of nitrogens with zero attached hydrogens (tertiary/aromatic N) is 1. The van der Waals surface area contributed by atoms with Crippen LogP contribution in [-0.2, 0) is 13.0 Å². The number of ether oxygens (including phenoxy) is 1. The summed E-state index contributed by atoms with van der Waals surface area (Å²) < 4.78 is 10.6. The van der Waals surface area contributed by atoms with Crippen molar-refractivity contribution in [2.24, 2.45) is 0 Å². The van der Waals surface area contributed by atoms with Crippen molar-refractivity contribution in [1.82, 2.24) is 10.3 Å². The van der Waals surface area contributed by atoms with Gasteiger partial charge in [-0.25, -0.2) is 0 Å². The minimum absolute atomic E-state index is 0.158. The number of para-hydroxylation sites is 1. The summed E-state index contributed by atoms with van der Waals surface area (Å²) in [7, 11) is 1.64. The Hall–Kier alpha value is -3.28. The minimum Gasteiger partial charge on any atom is -0.496 e. The first-order valence-electron chi connectivity index (χ1n) is 8.37. The van der Waals surface area contributed by atoms with E-state index >= 15 is 0 Å². The van der Waals surface area contributed by atoms with Crippen LogP contribution in [0.4, 0.5) is 5.69 Å². The zero-order chi connectivity index (χ0) is 18.2. The fraction of sp³-hybridized carbons (Fsp3) is 0.200. The van der Waals surface area contributed by atoms with Crippen LogP contribution in [0.2, 0.25) is 0 Å². The molecule has 2 aromatic heterocycles. The van der Waals surface area contributed by atoms with E-state index in [2.05, 4.69) is 15.6 Å². The number of furan rings is 1. The summed E-state index contributed by atoms with van der Waals surface area (Å²) in [5.41, 5.74) is 2.33. The Labute approximate surface area is 152 Å². The van der Waals surface area contributed by atoms with E-state index in [1.54, 1.807) is 31.8 Å². The van der Waals surface area contributed by atoms with Gasteiger partial charge in [0.15, 0.2) is 0 Å². The maximum Gasteiger partial charge on any atom is 0.252 e. The quantitative estimate of drug-likeness (QED) is 0.651. The van der Waals surface area contributed by atoms with E-state index in [1.165, 1.54) is 0 Å². The molecule has 1 aromatic carbocycles. The van der Waals surface area contributed by atoms with Crippen molar-refractivity contribution in [2.45, 2.75) is 13.0 Å². The van der Waals surface area contributed by atoms with Gasteiger partial charge < -0.3 is 19.8 Å². The molecule has 0 fully saturated rings. The van der Waals surface area contributed by atoms with Gasteiger partial charge in [-0.15, -0.1) is 0 Å². The number of carbonyl (C=O) groups excluding carboxylic acids is 1. The van der Waals surface area contributed by atoms with Crippen molar-refractivity contribution in [1.29, 1.82) is 0 Å². The molecule has 1 amide bonds. The highest BCUT2D eigenvalue weighted by Gasteiger charge is 2.08. The van der Waals surface area contributed by atoms with E-state index in [1.807, 2.05) is 36.4 Å². The average Bonchev–Trinajstić information content (AvgIpc) is 3.20. The van der Waals surface area contributed by atoms with Gasteiger partial charge >= 0.3 is 0 Å². The number of rotatable bonds is 8. The Morgan fingerprint density at radius 3 is 2.88 bits per heavy atom. The second-order valence-electron chi connectivity index (χ2n) is 5.71. The van der Waals surface area contributed by atoms with Crippen molar-refractivity contribution < 1.29 is 13.9 Å². The predicted molar refractivity (Wildman–Crippen MR) is 99.3 cm³/mol. The van der Waals surface area contributed by atoms with Crippen LogP contribution in [0.1, 0.15) is 21.7 Å². The van der Waals surface area contributed by atoms with Gasteiger partial charge in [-0.3, -0.25) is 9.78 Å². The van der Waals surface area contributed by atoms with Gasteiger partial charge in [0, 0.05) is 18.9 Å². The third-order valence-corrected chi connectivity index (χ3v) is 3.92. The van der Waals surface area contributed by atoms with E-state index < -0.39 is 0 Å². The number of amides is 1. The Morgan fingerprint density at radius 1 is 1.19 bits per heavy atom. The standard InChI is InChI=1S/C20H21N3O3/c1-25-19-7-3-2-5-15(19)8-9-22-20(24)16-11-17(13-21-12-16)23-14-18-6-4-10-26-18/h2-7,10-13,23H,8-9,14H2,1H3,(H,22,24). The Kier molecular flexibility index (Phi) is 5.88. The van der Waals surface area contributed by atoms with Crippen LogP contribution in [0.3, 0.4) is 0 Å². The van der Waals surface area contributed by atoms with Crippen LogP contribution in [0.15, 0.2) is 65.5 Å². The van der Waals surface area contributed by atoms with Gasteiger partial charge in [-0.1, -0.05) is 18.2 Å². The lowest BCUT2D eigenvalue weighted by Gasteiger charge is -2.10. The fourth-order valence-electron chi connectivity index (χ4n) is 2.59. The Bertz CT molecular complexity index is 847. The molecule has 2 heterocycles. The van der Waals surface area contributed by atoms with E-state index in [4.69, 9.17) is 9.15 Å². The Balaban J connectivity index is 1.53. The number of aromatic nitrogens is 1. The van der Waals surface area contributed by atoms with Gasteiger partial charge in [-0.05, 0) is 36.2 Å². The van der Waals surface area contributed by atoms with Crippen LogP contribution < -0.4 is 15.4 Å². The molecule has 0 saturated carbocycles. The number of nitrogens with one attached hydrogen (secondary N) is 2. The molecule has 2 N–H and O–H groups in total. The predicted octanol–water partition coefficient (Wildman–Crippen LogP) is 3.27. The van der Waals surface area contributed by atoms with E-state index in [9.17, 15) is 4.79 Å². The Morgan fingerprint density at radius 2 is 2.08 bits per heavy atom. The molecule has 0 bridgehead atoms. The summed E-state index contributed by atoms with van der Waals surface area (Å²) in [5, 5.41) is 6.10. The molecule has 0 aliphatic heterocycles. The van der Waals surface area contributed by atoms with E-state index in [0.29, 0.717) is 25.1 Å². The summed E-state index contributed by atoms with van der Waals surface area (Å²) in [6.07, 6.45) is 5.55. The molecule has 3 aromatic rings. The zero-order valence-corrected chi connectivity index (χ0v) is 14.6. The summed E-state index contributed by atoms with van der Waals surface area (Å²) in [4.78, 5) is 16.5. The van der Waals surface area contributed by atoms with Gasteiger partial charge in [0.05, 0.1) is 31.2 Å². The molecule has 0 saturated heterocycles. The molecular formula is C20H21N3O3.